The molecule has 2 fully saturated rings. The standard InChI is InChI=1S/C37H42N2O6S/c1-26-35(23-39-20-6-9-33(39)25-41)44-37(45-36(26)30-14-12-27(24-40)13-15-30)31-18-16-29(17-19-31)32-8-5-7-28(21-32)22-38-46(42,43)34-10-3-2-4-11-34/h2-5,7-8,10-19,21,26,33,35-38,40-41H,6,9,20,22-25H2,1H3. The van der Waals surface area contributed by atoms with E-state index in [1.807, 2.05) is 72.8 Å². The van der Waals surface area contributed by atoms with Gasteiger partial charge in [-0.25, -0.2) is 13.1 Å². The first-order valence-corrected chi connectivity index (χ1v) is 17.4. The fourth-order valence-electron chi connectivity index (χ4n) is 6.46. The minimum absolute atomic E-state index is 0.00815. The largest absolute Gasteiger partial charge is 0.395 e. The molecule has 0 aromatic heterocycles. The molecule has 9 heteroatoms. The first-order valence-electron chi connectivity index (χ1n) is 15.9. The van der Waals surface area contributed by atoms with Crippen LogP contribution in [0, 0.1) is 5.92 Å². The van der Waals surface area contributed by atoms with Gasteiger partial charge in [0.15, 0.2) is 6.29 Å². The average molecular weight is 643 g/mol. The molecule has 0 amide bonds. The second-order valence-electron chi connectivity index (χ2n) is 12.3. The van der Waals surface area contributed by atoms with Crippen LogP contribution in [0.1, 0.15) is 54.4 Å². The van der Waals surface area contributed by atoms with Crippen molar-refractivity contribution in [2.45, 2.75) is 62.4 Å². The molecule has 4 aromatic rings. The quantitative estimate of drug-likeness (QED) is 0.196. The van der Waals surface area contributed by atoms with Gasteiger partial charge in [-0.1, -0.05) is 91.9 Å². The highest BCUT2D eigenvalue weighted by Gasteiger charge is 2.40. The van der Waals surface area contributed by atoms with Crippen LogP contribution in [0.15, 0.2) is 108 Å². The van der Waals surface area contributed by atoms with E-state index in [1.54, 1.807) is 30.3 Å². The summed E-state index contributed by atoms with van der Waals surface area (Å²) < 4.78 is 41.4. The lowest BCUT2D eigenvalue weighted by atomic mass is 9.89. The molecule has 5 unspecified atom stereocenters. The highest BCUT2D eigenvalue weighted by Crippen LogP contribution is 2.42. The molecule has 8 nitrogen and oxygen atoms in total. The van der Waals surface area contributed by atoms with Crippen molar-refractivity contribution in [1.29, 1.82) is 0 Å². The number of hydrogen-bond donors (Lipinski definition) is 3. The maximum absolute atomic E-state index is 12.7. The fraction of sp³-hybridized carbons (Fsp3) is 0.351. The molecule has 5 atom stereocenters. The SMILES string of the molecule is CC1C(CN2CCCC2CO)OC(c2ccc(-c3cccc(CNS(=O)(=O)c4ccccc4)c3)cc2)OC1c1ccc(CO)cc1. The van der Waals surface area contributed by atoms with Crippen molar-refractivity contribution in [2.24, 2.45) is 5.92 Å². The summed E-state index contributed by atoms with van der Waals surface area (Å²) in [5, 5.41) is 19.5. The van der Waals surface area contributed by atoms with Crippen LogP contribution in [0.4, 0.5) is 0 Å². The third kappa shape index (κ3) is 7.42. The number of nitrogens with zero attached hydrogens (tertiary/aromatic N) is 1. The Morgan fingerprint density at radius 1 is 0.826 bits per heavy atom. The van der Waals surface area contributed by atoms with Crippen LogP contribution in [0.5, 0.6) is 0 Å². The summed E-state index contributed by atoms with van der Waals surface area (Å²) in [7, 11) is -3.61. The topological polar surface area (TPSA) is 108 Å². The van der Waals surface area contributed by atoms with E-state index in [2.05, 4.69) is 16.5 Å². The predicted molar refractivity (Wildman–Crippen MR) is 177 cm³/mol. The molecule has 0 radical (unpaired) electrons. The van der Waals surface area contributed by atoms with Crippen molar-refractivity contribution >= 4 is 10.0 Å². The lowest BCUT2D eigenvalue weighted by Crippen LogP contribution is -2.46. The molecule has 46 heavy (non-hydrogen) atoms. The summed E-state index contributed by atoms with van der Waals surface area (Å²) >= 11 is 0. The highest BCUT2D eigenvalue weighted by atomic mass is 32.2. The second kappa shape index (κ2) is 14.6. The molecule has 2 heterocycles. The zero-order valence-electron chi connectivity index (χ0n) is 26.0. The van der Waals surface area contributed by atoms with E-state index < -0.39 is 16.3 Å². The predicted octanol–water partition coefficient (Wildman–Crippen LogP) is 5.57. The number of sulfonamides is 1. The van der Waals surface area contributed by atoms with Gasteiger partial charge in [0.1, 0.15) is 0 Å². The number of nitrogens with one attached hydrogen (secondary N) is 1. The van der Waals surface area contributed by atoms with Crippen LogP contribution in [-0.4, -0.2) is 55.4 Å². The van der Waals surface area contributed by atoms with E-state index in [0.717, 1.165) is 59.3 Å². The van der Waals surface area contributed by atoms with Gasteiger partial charge in [0.2, 0.25) is 10.0 Å². The number of hydrogen-bond acceptors (Lipinski definition) is 7. The van der Waals surface area contributed by atoms with Gasteiger partial charge in [-0.05, 0) is 65.4 Å². The Labute approximate surface area is 271 Å². The zero-order valence-corrected chi connectivity index (χ0v) is 26.9. The summed E-state index contributed by atoms with van der Waals surface area (Å²) in [6.07, 6.45) is 1.17. The summed E-state index contributed by atoms with van der Waals surface area (Å²) in [5.74, 6) is 0.0671. The van der Waals surface area contributed by atoms with Crippen molar-refractivity contribution in [3.05, 3.63) is 125 Å². The van der Waals surface area contributed by atoms with Crippen LogP contribution in [0.25, 0.3) is 11.1 Å². The van der Waals surface area contributed by atoms with Crippen molar-refractivity contribution in [3.8, 4) is 11.1 Å². The summed E-state index contributed by atoms with van der Waals surface area (Å²) in [6.45, 7) is 4.14. The van der Waals surface area contributed by atoms with Crippen molar-refractivity contribution in [3.63, 3.8) is 0 Å². The van der Waals surface area contributed by atoms with E-state index in [9.17, 15) is 18.6 Å². The van der Waals surface area contributed by atoms with Gasteiger partial charge in [-0.3, -0.25) is 4.90 Å². The molecule has 0 spiro atoms. The number of aliphatic hydroxyl groups is 2. The Morgan fingerprint density at radius 3 is 2.28 bits per heavy atom. The molecule has 6 rings (SSSR count). The fourth-order valence-corrected chi connectivity index (χ4v) is 7.50. The van der Waals surface area contributed by atoms with Crippen LogP contribution in [0.3, 0.4) is 0 Å². The number of rotatable bonds is 11. The Bertz CT molecular complexity index is 1680. The van der Waals surface area contributed by atoms with Gasteiger partial charge in [0, 0.05) is 30.6 Å². The first-order chi connectivity index (χ1) is 22.3. The monoisotopic (exact) mass is 642 g/mol. The number of ether oxygens (including phenoxy) is 2. The number of benzene rings is 4. The van der Waals surface area contributed by atoms with Gasteiger partial charge in [-0.15, -0.1) is 0 Å². The van der Waals surface area contributed by atoms with Crippen molar-refractivity contribution in [2.75, 3.05) is 19.7 Å². The lowest BCUT2D eigenvalue weighted by molar-refractivity contribution is -0.276. The molecule has 4 aromatic carbocycles. The van der Waals surface area contributed by atoms with E-state index >= 15 is 0 Å². The first kappa shape index (κ1) is 32.5. The number of likely N-dealkylation sites (tertiary alicyclic amines) is 1. The van der Waals surface area contributed by atoms with Crippen LogP contribution in [-0.2, 0) is 32.6 Å². The summed E-state index contributed by atoms with van der Waals surface area (Å²) in [6, 6.07) is 32.4. The molecular formula is C37H42N2O6S. The Hall–Kier alpha value is -3.41. The summed E-state index contributed by atoms with van der Waals surface area (Å²) in [5.41, 5.74) is 5.63. The lowest BCUT2D eigenvalue weighted by Gasteiger charge is -2.43. The van der Waals surface area contributed by atoms with Gasteiger partial charge in [-0.2, -0.15) is 0 Å². The molecule has 0 aliphatic carbocycles. The number of aliphatic hydroxyl groups excluding tert-OH is 2. The van der Waals surface area contributed by atoms with Gasteiger partial charge in [0.25, 0.3) is 0 Å². The molecule has 2 aliphatic rings. The van der Waals surface area contributed by atoms with Crippen LogP contribution >= 0.6 is 0 Å². The van der Waals surface area contributed by atoms with Crippen LogP contribution in [0.2, 0.25) is 0 Å². The highest BCUT2D eigenvalue weighted by molar-refractivity contribution is 7.89. The van der Waals surface area contributed by atoms with E-state index in [1.165, 1.54) is 0 Å². The van der Waals surface area contributed by atoms with Gasteiger partial charge < -0.3 is 19.7 Å². The molecule has 0 bridgehead atoms. The minimum atomic E-state index is -3.61. The molecule has 0 saturated carbocycles. The zero-order chi connectivity index (χ0) is 32.1. The Morgan fingerprint density at radius 2 is 1.57 bits per heavy atom. The molecule has 242 valence electrons. The third-order valence-corrected chi connectivity index (χ3v) is 10.6. The smallest absolute Gasteiger partial charge is 0.240 e. The maximum atomic E-state index is 12.7. The molecule has 3 N–H and O–H groups in total. The van der Waals surface area contributed by atoms with Crippen LogP contribution < -0.4 is 4.72 Å². The third-order valence-electron chi connectivity index (χ3n) is 9.21. The van der Waals surface area contributed by atoms with Gasteiger partial charge in [0.05, 0.1) is 30.3 Å². The maximum Gasteiger partial charge on any atom is 0.240 e. The van der Waals surface area contributed by atoms with Crippen molar-refractivity contribution < 1.29 is 28.1 Å². The molecule has 2 aliphatic heterocycles. The Kier molecular flexibility index (Phi) is 10.3. The normalized spacial score (nSPS) is 23.8. The second-order valence-corrected chi connectivity index (χ2v) is 14.0. The summed E-state index contributed by atoms with van der Waals surface area (Å²) in [4.78, 5) is 2.58. The average Bonchev–Trinajstić information content (AvgIpc) is 3.56. The van der Waals surface area contributed by atoms with Gasteiger partial charge >= 0.3 is 0 Å². The molecule has 2 saturated heterocycles. The van der Waals surface area contributed by atoms with E-state index in [0.29, 0.717) is 0 Å². The van der Waals surface area contributed by atoms with E-state index in [4.69, 9.17) is 9.47 Å². The minimum Gasteiger partial charge on any atom is -0.395 e. The van der Waals surface area contributed by atoms with Crippen molar-refractivity contribution in [1.82, 2.24) is 9.62 Å². The Balaban J connectivity index is 1.19. The molecular weight excluding hydrogens is 600 g/mol. The van der Waals surface area contributed by atoms with E-state index in [-0.39, 0.29) is 48.8 Å².